The Kier molecular flexibility index (Phi) is 4.59. The molecule has 0 aliphatic heterocycles. The van der Waals surface area contributed by atoms with E-state index in [4.69, 9.17) is 4.74 Å². The zero-order chi connectivity index (χ0) is 19.7. The maximum atomic E-state index is 13.0. The summed E-state index contributed by atoms with van der Waals surface area (Å²) in [6.45, 7) is 0. The highest BCUT2D eigenvalue weighted by Gasteiger charge is 2.24. The number of nitro benzene ring substituents is 1. The zero-order valence-corrected chi connectivity index (χ0v) is 14.9. The number of aromatic nitrogens is 2. The molecular formula is C18H16N4O5. The molecule has 0 atom stereocenters. The average Bonchev–Trinajstić information content (AvgIpc) is 3.10. The van der Waals surface area contributed by atoms with E-state index in [1.807, 2.05) is 0 Å². The van der Waals surface area contributed by atoms with Gasteiger partial charge < -0.3 is 14.0 Å². The third-order valence-corrected chi connectivity index (χ3v) is 4.05. The van der Waals surface area contributed by atoms with Crippen molar-refractivity contribution in [2.45, 2.75) is 0 Å². The Morgan fingerprint density at radius 3 is 2.63 bits per heavy atom. The molecule has 0 aliphatic rings. The van der Waals surface area contributed by atoms with E-state index >= 15 is 0 Å². The lowest BCUT2D eigenvalue weighted by atomic mass is 10.0. The summed E-state index contributed by atoms with van der Waals surface area (Å²) < 4.78 is 6.61. The van der Waals surface area contributed by atoms with Crippen LogP contribution in [-0.2, 0) is 0 Å². The van der Waals surface area contributed by atoms with Gasteiger partial charge in [-0.1, -0.05) is 0 Å². The normalized spacial score (nSPS) is 10.6. The van der Waals surface area contributed by atoms with Crippen molar-refractivity contribution in [2.75, 3.05) is 21.2 Å². The van der Waals surface area contributed by atoms with Crippen molar-refractivity contribution in [2.24, 2.45) is 0 Å². The van der Waals surface area contributed by atoms with Crippen LogP contribution in [0.4, 0.5) is 5.69 Å². The highest BCUT2D eigenvalue weighted by molar-refractivity contribution is 6.15. The molecule has 2 heterocycles. The van der Waals surface area contributed by atoms with Gasteiger partial charge in [0.25, 0.3) is 5.91 Å². The topological polar surface area (TPSA) is 107 Å². The number of ketones is 1. The van der Waals surface area contributed by atoms with Crippen LogP contribution in [0.25, 0.3) is 5.52 Å². The first-order valence-electron chi connectivity index (χ1n) is 7.89. The quantitative estimate of drug-likeness (QED) is 0.388. The van der Waals surface area contributed by atoms with E-state index in [0.717, 1.165) is 0 Å². The van der Waals surface area contributed by atoms with Crippen LogP contribution in [-0.4, -0.2) is 52.1 Å². The Labute approximate surface area is 154 Å². The summed E-state index contributed by atoms with van der Waals surface area (Å²) >= 11 is 0. The summed E-state index contributed by atoms with van der Waals surface area (Å²) in [6, 6.07) is 7.14. The molecule has 0 spiro atoms. The van der Waals surface area contributed by atoms with Crippen LogP contribution in [0, 0.1) is 10.1 Å². The monoisotopic (exact) mass is 368 g/mol. The van der Waals surface area contributed by atoms with Gasteiger partial charge in [0.05, 0.1) is 23.1 Å². The van der Waals surface area contributed by atoms with Crippen molar-refractivity contribution in [3.63, 3.8) is 0 Å². The van der Waals surface area contributed by atoms with E-state index < -0.39 is 10.7 Å². The molecular weight excluding hydrogens is 352 g/mol. The number of carbonyl (C=O) groups excluding carboxylic acids is 2. The molecule has 2 aromatic heterocycles. The minimum atomic E-state index is -0.590. The number of nitro groups is 1. The number of imidazole rings is 1. The van der Waals surface area contributed by atoms with Crippen LogP contribution in [0.1, 0.15) is 26.4 Å². The number of ether oxygens (including phenoxy) is 1. The lowest BCUT2D eigenvalue weighted by Crippen LogP contribution is -2.22. The lowest BCUT2D eigenvalue weighted by molar-refractivity contribution is -0.385. The van der Waals surface area contributed by atoms with E-state index in [-0.39, 0.29) is 28.6 Å². The molecule has 0 radical (unpaired) electrons. The summed E-state index contributed by atoms with van der Waals surface area (Å²) in [5.41, 5.74) is 0.713. The molecule has 3 aromatic rings. The zero-order valence-electron chi connectivity index (χ0n) is 14.9. The van der Waals surface area contributed by atoms with Crippen LogP contribution in [0.2, 0.25) is 0 Å². The molecule has 0 N–H and O–H groups in total. The number of methoxy groups -OCH3 is 1. The Balaban J connectivity index is 2.15. The Morgan fingerprint density at radius 1 is 1.26 bits per heavy atom. The van der Waals surface area contributed by atoms with Gasteiger partial charge in [-0.15, -0.1) is 0 Å². The Bertz CT molecular complexity index is 1070. The van der Waals surface area contributed by atoms with Crippen LogP contribution in [0.3, 0.4) is 0 Å². The van der Waals surface area contributed by atoms with Crippen molar-refractivity contribution in [3.05, 3.63) is 69.8 Å². The van der Waals surface area contributed by atoms with Gasteiger partial charge in [0.1, 0.15) is 12.0 Å². The third-order valence-electron chi connectivity index (χ3n) is 4.05. The van der Waals surface area contributed by atoms with E-state index in [2.05, 4.69) is 4.98 Å². The van der Waals surface area contributed by atoms with Crippen LogP contribution in [0.15, 0.2) is 42.9 Å². The summed E-state index contributed by atoms with van der Waals surface area (Å²) in [7, 11) is 4.52. The van der Waals surface area contributed by atoms with Crippen molar-refractivity contribution in [3.8, 4) is 5.75 Å². The van der Waals surface area contributed by atoms with Gasteiger partial charge in [0, 0.05) is 31.9 Å². The second kappa shape index (κ2) is 6.87. The molecule has 1 aromatic carbocycles. The van der Waals surface area contributed by atoms with E-state index in [1.54, 1.807) is 36.8 Å². The molecule has 3 rings (SSSR count). The number of benzene rings is 1. The van der Waals surface area contributed by atoms with Gasteiger partial charge in [0.2, 0.25) is 5.78 Å². The molecule has 0 bridgehead atoms. The number of amides is 1. The van der Waals surface area contributed by atoms with Gasteiger partial charge in [-0.25, -0.2) is 4.98 Å². The second-order valence-corrected chi connectivity index (χ2v) is 5.94. The SMILES string of the molecule is COc1cc(C(=O)c2ncn3cccc(C(=O)N(C)C)c23)ccc1[N+](=O)[O-]. The number of hydrogen-bond acceptors (Lipinski definition) is 6. The van der Waals surface area contributed by atoms with Crippen LogP contribution >= 0.6 is 0 Å². The lowest BCUT2D eigenvalue weighted by Gasteiger charge is -2.12. The predicted molar refractivity (Wildman–Crippen MR) is 96.3 cm³/mol. The van der Waals surface area contributed by atoms with Crippen molar-refractivity contribution in [1.29, 1.82) is 0 Å². The van der Waals surface area contributed by atoms with Gasteiger partial charge in [-0.3, -0.25) is 19.7 Å². The minimum absolute atomic E-state index is 0.0287. The highest BCUT2D eigenvalue weighted by Crippen LogP contribution is 2.29. The van der Waals surface area contributed by atoms with Gasteiger partial charge in [0.15, 0.2) is 5.75 Å². The van der Waals surface area contributed by atoms with E-state index in [9.17, 15) is 19.7 Å². The third kappa shape index (κ3) is 3.10. The van der Waals surface area contributed by atoms with Crippen molar-refractivity contribution >= 4 is 22.9 Å². The molecule has 138 valence electrons. The molecule has 27 heavy (non-hydrogen) atoms. The summed E-state index contributed by atoms with van der Waals surface area (Å²) in [5, 5.41) is 11.0. The number of carbonyl (C=O) groups is 2. The van der Waals surface area contributed by atoms with E-state index in [0.29, 0.717) is 11.1 Å². The first-order chi connectivity index (χ1) is 12.8. The number of pyridine rings is 1. The first-order valence-corrected chi connectivity index (χ1v) is 7.89. The van der Waals surface area contributed by atoms with Gasteiger partial charge >= 0.3 is 5.69 Å². The molecule has 9 nitrogen and oxygen atoms in total. The highest BCUT2D eigenvalue weighted by atomic mass is 16.6. The summed E-state index contributed by atoms with van der Waals surface area (Å²) in [6.07, 6.45) is 3.12. The smallest absolute Gasteiger partial charge is 0.310 e. The van der Waals surface area contributed by atoms with E-state index in [1.165, 1.54) is 36.5 Å². The number of nitrogens with zero attached hydrogens (tertiary/aromatic N) is 4. The molecule has 0 unspecified atom stereocenters. The maximum absolute atomic E-state index is 13.0. The van der Waals surface area contributed by atoms with Crippen LogP contribution in [0.5, 0.6) is 5.75 Å². The second-order valence-electron chi connectivity index (χ2n) is 5.94. The fourth-order valence-electron chi connectivity index (χ4n) is 2.74. The number of rotatable bonds is 5. The summed E-state index contributed by atoms with van der Waals surface area (Å²) in [5.74, 6) is -0.764. The standard InChI is InChI=1S/C18H16N4O5/c1-20(2)18(24)12-5-4-8-21-10-19-15(16(12)21)17(23)11-6-7-13(22(25)26)14(9-11)27-3/h4-10H,1-3H3. The van der Waals surface area contributed by atoms with Crippen molar-refractivity contribution in [1.82, 2.24) is 14.3 Å². The van der Waals surface area contributed by atoms with Gasteiger partial charge in [-0.05, 0) is 24.3 Å². The number of hydrogen-bond donors (Lipinski definition) is 0. The number of fused-ring (bicyclic) bond motifs is 1. The average molecular weight is 368 g/mol. The first kappa shape index (κ1) is 18.1. The molecule has 0 fully saturated rings. The summed E-state index contributed by atoms with van der Waals surface area (Å²) in [4.78, 5) is 41.5. The molecule has 9 heteroatoms. The minimum Gasteiger partial charge on any atom is -0.490 e. The van der Waals surface area contributed by atoms with Crippen LogP contribution < -0.4 is 4.74 Å². The van der Waals surface area contributed by atoms with Gasteiger partial charge in [-0.2, -0.15) is 0 Å². The predicted octanol–water partition coefficient (Wildman–Crippen LogP) is 2.18. The van der Waals surface area contributed by atoms with Crippen molar-refractivity contribution < 1.29 is 19.2 Å². The molecule has 0 saturated carbocycles. The molecule has 0 aliphatic carbocycles. The largest absolute Gasteiger partial charge is 0.490 e. The fraction of sp³-hybridized carbons (Fsp3) is 0.167. The molecule has 0 saturated heterocycles. The fourth-order valence-corrected chi connectivity index (χ4v) is 2.74. The Hall–Kier alpha value is -3.75. The maximum Gasteiger partial charge on any atom is 0.310 e. The Morgan fingerprint density at radius 2 is 2.00 bits per heavy atom. The molecule has 1 amide bonds.